The Balaban J connectivity index is 1.96. The van der Waals surface area contributed by atoms with Crippen LogP contribution >= 0.6 is 11.8 Å². The van der Waals surface area contributed by atoms with Crippen LogP contribution in [-0.2, 0) is 9.67 Å². The fourth-order valence-corrected chi connectivity index (χ4v) is 5.17. The molecule has 1 amide bonds. The molecule has 162 valence electrons. The summed E-state index contributed by atoms with van der Waals surface area (Å²) >= 11 is 1.10. The van der Waals surface area contributed by atoms with Crippen LogP contribution in [0.5, 0.6) is 11.5 Å². The molecule has 32 heavy (non-hydrogen) atoms. The topological polar surface area (TPSA) is 130 Å². The Morgan fingerprint density at radius 2 is 1.47 bits per heavy atom. The van der Waals surface area contributed by atoms with E-state index >= 15 is 0 Å². The largest absolute Gasteiger partial charge is 0.507 e. The van der Waals surface area contributed by atoms with Crippen LogP contribution in [0.25, 0.3) is 21.5 Å². The van der Waals surface area contributed by atoms with E-state index in [2.05, 4.69) is 0 Å². The predicted octanol–water partition coefficient (Wildman–Crippen LogP) is 5.16. The lowest BCUT2D eigenvalue weighted by atomic mass is 9.98. The molecule has 0 radical (unpaired) electrons. The van der Waals surface area contributed by atoms with Crippen molar-refractivity contribution in [2.45, 2.75) is 16.8 Å². The number of benzene rings is 4. The van der Waals surface area contributed by atoms with E-state index in [1.807, 2.05) is 0 Å². The molecule has 4 rings (SSSR count). The summed E-state index contributed by atoms with van der Waals surface area (Å²) in [5.74, 6) is -1.45. The normalized spacial score (nSPS) is 13.0. The minimum Gasteiger partial charge on any atom is -0.507 e. The van der Waals surface area contributed by atoms with Gasteiger partial charge in [-0.1, -0.05) is 60.3 Å². The van der Waals surface area contributed by atoms with Crippen molar-refractivity contribution in [3.05, 3.63) is 77.9 Å². The molecule has 0 bridgehead atoms. The van der Waals surface area contributed by atoms with Crippen molar-refractivity contribution >= 4 is 45.4 Å². The predicted molar refractivity (Wildman–Crippen MR) is 122 cm³/mol. The van der Waals surface area contributed by atoms with Crippen LogP contribution in [0.3, 0.4) is 0 Å². The first-order chi connectivity index (χ1) is 15.2. The number of aromatic hydroxyl groups is 2. The molecule has 0 spiro atoms. The number of carboxylic acids is 1. The Labute approximate surface area is 187 Å². The third kappa shape index (κ3) is 3.65. The Hall–Kier alpha value is -3.91. The van der Waals surface area contributed by atoms with Crippen molar-refractivity contribution in [3.8, 4) is 11.5 Å². The zero-order valence-corrected chi connectivity index (χ0v) is 17.7. The first-order valence-electron chi connectivity index (χ1n) is 9.58. The minimum atomic E-state index is -1.50. The Morgan fingerprint density at radius 1 is 0.875 bits per heavy atom. The van der Waals surface area contributed by atoms with Gasteiger partial charge in [-0.25, -0.2) is 9.59 Å². The Morgan fingerprint density at radius 3 is 2.09 bits per heavy atom. The molecule has 0 saturated carbocycles. The molecule has 0 fully saturated rings. The van der Waals surface area contributed by atoms with Crippen LogP contribution in [0.15, 0.2) is 71.6 Å². The maximum atomic E-state index is 11.9. The first kappa shape index (κ1) is 21.3. The van der Waals surface area contributed by atoms with Gasteiger partial charge in [-0.3, -0.25) is 0 Å². The number of nitrogens with two attached hydrogens (primary N) is 1. The van der Waals surface area contributed by atoms with Gasteiger partial charge in [-0.2, -0.15) is 0 Å². The Bertz CT molecular complexity index is 1390. The number of hydrogen-bond acceptors (Lipinski definition) is 6. The summed E-state index contributed by atoms with van der Waals surface area (Å²) < 4.78 is 5.53. The van der Waals surface area contributed by atoms with E-state index in [9.17, 15) is 24.9 Å². The second-order valence-corrected chi connectivity index (χ2v) is 8.69. The monoisotopic (exact) mass is 449 g/mol. The van der Waals surface area contributed by atoms with Crippen molar-refractivity contribution in [2.75, 3.05) is 0 Å². The van der Waals surface area contributed by atoms with E-state index in [0.29, 0.717) is 26.4 Å². The highest BCUT2D eigenvalue weighted by Crippen LogP contribution is 2.51. The molecular formula is C24H19NO6S. The van der Waals surface area contributed by atoms with E-state index in [0.717, 1.165) is 11.8 Å². The van der Waals surface area contributed by atoms with Gasteiger partial charge in [-0.15, -0.1) is 0 Å². The van der Waals surface area contributed by atoms with Crippen molar-refractivity contribution in [2.24, 2.45) is 5.73 Å². The maximum Gasteiger partial charge on any atom is 0.406 e. The highest BCUT2D eigenvalue weighted by molar-refractivity contribution is 8.00. The summed E-state index contributed by atoms with van der Waals surface area (Å²) in [6.07, 6.45) is -1.05. The van der Waals surface area contributed by atoms with Crippen molar-refractivity contribution in [1.82, 2.24) is 0 Å². The average Bonchev–Trinajstić information content (AvgIpc) is 2.73. The van der Waals surface area contributed by atoms with Crippen LogP contribution in [0.2, 0.25) is 0 Å². The van der Waals surface area contributed by atoms with Crippen LogP contribution in [0.1, 0.15) is 22.8 Å². The number of carbonyl (C=O) groups excluding carboxylic acids is 1. The molecule has 0 aliphatic heterocycles. The van der Waals surface area contributed by atoms with Gasteiger partial charge in [0.05, 0.1) is 11.1 Å². The molecule has 0 aromatic heterocycles. The van der Waals surface area contributed by atoms with Crippen molar-refractivity contribution < 1.29 is 29.6 Å². The lowest BCUT2D eigenvalue weighted by Crippen LogP contribution is -2.29. The van der Waals surface area contributed by atoms with E-state index in [1.54, 1.807) is 61.5 Å². The van der Waals surface area contributed by atoms with Gasteiger partial charge in [0.15, 0.2) is 4.93 Å². The molecule has 4 aromatic rings. The van der Waals surface area contributed by atoms with Crippen LogP contribution in [-0.4, -0.2) is 27.4 Å². The summed E-state index contributed by atoms with van der Waals surface area (Å²) in [7, 11) is 0. The zero-order chi connectivity index (χ0) is 23.0. The van der Waals surface area contributed by atoms with Gasteiger partial charge < -0.3 is 25.8 Å². The van der Waals surface area contributed by atoms with Crippen LogP contribution < -0.4 is 5.73 Å². The fourth-order valence-electron chi connectivity index (χ4n) is 3.89. The van der Waals surface area contributed by atoms with Crippen molar-refractivity contribution in [1.29, 1.82) is 0 Å². The quantitative estimate of drug-likeness (QED) is 0.244. The number of aromatic carboxylic acids is 1. The standard InChI is InChI=1S/C24H19NO6S/c1-24(31-23(25)30,21-16-9-5-3-7-14(16)18(26)12-19(21)27)32-20-11-10-17(22(28)29)13-6-2-4-8-15(13)20/h2-12,26-27H,1H3,(H2,25,30)(H,28,29). The molecule has 1 atom stereocenters. The maximum absolute atomic E-state index is 11.9. The van der Waals surface area contributed by atoms with Gasteiger partial charge in [0, 0.05) is 16.3 Å². The number of thioether (sulfide) groups is 1. The summed E-state index contributed by atoms with van der Waals surface area (Å²) in [6.45, 7) is 1.58. The molecule has 7 nitrogen and oxygen atoms in total. The van der Waals surface area contributed by atoms with E-state index in [1.165, 1.54) is 12.1 Å². The third-order valence-electron chi connectivity index (χ3n) is 5.17. The lowest BCUT2D eigenvalue weighted by Gasteiger charge is -2.31. The van der Waals surface area contributed by atoms with Gasteiger partial charge in [0.1, 0.15) is 11.5 Å². The second-order valence-electron chi connectivity index (χ2n) is 7.27. The number of phenolic OH excluding ortho intramolecular Hbond substituents is 2. The summed E-state index contributed by atoms with van der Waals surface area (Å²) in [4.78, 5) is 22.6. The van der Waals surface area contributed by atoms with Crippen LogP contribution in [0, 0.1) is 0 Å². The van der Waals surface area contributed by atoms with E-state index < -0.39 is 17.0 Å². The van der Waals surface area contributed by atoms with E-state index in [-0.39, 0.29) is 22.6 Å². The number of carboxylic acid groups (broad SMARTS) is 1. The zero-order valence-electron chi connectivity index (χ0n) is 16.9. The fraction of sp³-hybridized carbons (Fsp3) is 0.0833. The van der Waals surface area contributed by atoms with Crippen LogP contribution in [0.4, 0.5) is 4.79 Å². The minimum absolute atomic E-state index is 0.121. The van der Waals surface area contributed by atoms with Gasteiger partial charge in [0.2, 0.25) is 0 Å². The molecular weight excluding hydrogens is 430 g/mol. The van der Waals surface area contributed by atoms with Gasteiger partial charge >= 0.3 is 12.1 Å². The summed E-state index contributed by atoms with van der Waals surface area (Å²) in [5, 5.41) is 32.7. The van der Waals surface area contributed by atoms with Gasteiger partial charge in [-0.05, 0) is 35.2 Å². The lowest BCUT2D eigenvalue weighted by molar-refractivity contribution is 0.0698. The number of phenols is 2. The Kier molecular flexibility index (Phi) is 5.31. The molecule has 0 aliphatic rings. The molecule has 1 unspecified atom stereocenters. The highest BCUT2D eigenvalue weighted by atomic mass is 32.2. The number of rotatable bonds is 5. The second kappa shape index (κ2) is 7.97. The number of primary amides is 1. The SMILES string of the molecule is CC(OC(N)=O)(Sc1ccc(C(=O)O)c2ccccc12)c1c(O)cc(O)c2ccccc12. The molecule has 0 heterocycles. The summed E-state index contributed by atoms with van der Waals surface area (Å²) in [5.41, 5.74) is 5.78. The number of fused-ring (bicyclic) bond motifs is 2. The molecule has 0 aliphatic carbocycles. The molecule has 8 heteroatoms. The smallest absolute Gasteiger partial charge is 0.406 e. The van der Waals surface area contributed by atoms with Gasteiger partial charge in [0.25, 0.3) is 0 Å². The number of carbonyl (C=O) groups is 2. The molecule has 5 N–H and O–H groups in total. The number of amides is 1. The molecule has 0 saturated heterocycles. The third-order valence-corrected chi connectivity index (χ3v) is 6.42. The number of ether oxygens (including phenoxy) is 1. The van der Waals surface area contributed by atoms with E-state index in [4.69, 9.17) is 10.5 Å². The number of hydrogen-bond donors (Lipinski definition) is 4. The van der Waals surface area contributed by atoms with Crippen molar-refractivity contribution in [3.63, 3.8) is 0 Å². The molecule has 4 aromatic carbocycles. The summed E-state index contributed by atoms with van der Waals surface area (Å²) in [6, 6.07) is 18.1. The highest BCUT2D eigenvalue weighted by Gasteiger charge is 2.37. The average molecular weight is 449 g/mol. The first-order valence-corrected chi connectivity index (χ1v) is 10.4.